The Balaban J connectivity index is 1.93. The van der Waals surface area contributed by atoms with Gasteiger partial charge in [0.05, 0.1) is 12.3 Å². The van der Waals surface area contributed by atoms with Crippen molar-refractivity contribution in [3.63, 3.8) is 0 Å². The maximum Gasteiger partial charge on any atom is 0.271 e. The van der Waals surface area contributed by atoms with Crippen molar-refractivity contribution in [1.82, 2.24) is 5.43 Å². The van der Waals surface area contributed by atoms with Crippen molar-refractivity contribution < 1.29 is 9.53 Å². The van der Waals surface area contributed by atoms with E-state index in [1.165, 1.54) is 0 Å². The van der Waals surface area contributed by atoms with Gasteiger partial charge in [-0.25, -0.2) is 5.43 Å². The molecule has 1 N–H and O–H groups in total. The summed E-state index contributed by atoms with van der Waals surface area (Å²) >= 11 is 5.84. The second-order valence-electron chi connectivity index (χ2n) is 4.95. The Bertz CT molecular complexity index is 667. The van der Waals surface area contributed by atoms with Crippen LogP contribution in [0.5, 0.6) is 5.75 Å². The molecular formula is C17H17ClN2O2. The predicted molar refractivity (Wildman–Crippen MR) is 88.7 cm³/mol. The predicted octanol–water partition coefficient (Wildman–Crippen LogP) is 3.89. The van der Waals surface area contributed by atoms with Crippen LogP contribution in [0.3, 0.4) is 0 Å². The second-order valence-corrected chi connectivity index (χ2v) is 5.38. The SMILES string of the molecule is CC(C)Oc1ccc(/C=N/NC(=O)c2cccc(Cl)c2)cc1. The lowest BCUT2D eigenvalue weighted by atomic mass is 10.2. The summed E-state index contributed by atoms with van der Waals surface area (Å²) in [5.74, 6) is 0.494. The summed E-state index contributed by atoms with van der Waals surface area (Å²) in [6.07, 6.45) is 1.71. The third-order valence-corrected chi connectivity index (χ3v) is 2.95. The van der Waals surface area contributed by atoms with Gasteiger partial charge in [0, 0.05) is 10.6 Å². The van der Waals surface area contributed by atoms with E-state index in [4.69, 9.17) is 16.3 Å². The van der Waals surface area contributed by atoms with E-state index < -0.39 is 0 Å². The molecule has 0 aliphatic carbocycles. The number of amides is 1. The summed E-state index contributed by atoms with van der Waals surface area (Å²) in [7, 11) is 0. The monoisotopic (exact) mass is 316 g/mol. The average Bonchev–Trinajstić information content (AvgIpc) is 2.48. The number of halogens is 1. The van der Waals surface area contributed by atoms with E-state index in [0.717, 1.165) is 11.3 Å². The Morgan fingerprint density at radius 3 is 2.59 bits per heavy atom. The first kappa shape index (κ1) is 16.0. The lowest BCUT2D eigenvalue weighted by Crippen LogP contribution is -2.17. The maximum atomic E-state index is 11.9. The topological polar surface area (TPSA) is 50.7 Å². The summed E-state index contributed by atoms with van der Waals surface area (Å²) in [5.41, 5.74) is 3.79. The van der Waals surface area contributed by atoms with Crippen LogP contribution in [0, 0.1) is 0 Å². The lowest BCUT2D eigenvalue weighted by Gasteiger charge is -2.09. The van der Waals surface area contributed by atoms with Crippen molar-refractivity contribution in [1.29, 1.82) is 0 Å². The molecule has 0 saturated carbocycles. The fourth-order valence-electron chi connectivity index (χ4n) is 1.76. The normalized spacial score (nSPS) is 10.9. The first-order valence-electron chi connectivity index (χ1n) is 6.90. The van der Waals surface area contributed by atoms with Gasteiger partial charge < -0.3 is 4.74 Å². The van der Waals surface area contributed by atoms with Crippen LogP contribution < -0.4 is 10.2 Å². The summed E-state index contributed by atoms with van der Waals surface area (Å²) in [4.78, 5) is 11.9. The van der Waals surface area contributed by atoms with Crippen molar-refractivity contribution in [3.8, 4) is 5.75 Å². The highest BCUT2D eigenvalue weighted by Gasteiger charge is 2.03. The zero-order valence-corrected chi connectivity index (χ0v) is 13.2. The Morgan fingerprint density at radius 2 is 1.95 bits per heavy atom. The number of nitrogens with one attached hydrogen (secondary N) is 1. The van der Waals surface area contributed by atoms with Crippen LogP contribution in [0.15, 0.2) is 53.6 Å². The Morgan fingerprint density at radius 1 is 1.23 bits per heavy atom. The molecule has 5 heteroatoms. The molecule has 4 nitrogen and oxygen atoms in total. The molecule has 0 bridgehead atoms. The van der Waals surface area contributed by atoms with E-state index >= 15 is 0 Å². The van der Waals surface area contributed by atoms with Crippen LogP contribution in [-0.4, -0.2) is 18.2 Å². The summed E-state index contributed by atoms with van der Waals surface area (Å²) in [5, 5.41) is 4.44. The third-order valence-electron chi connectivity index (χ3n) is 2.72. The number of carbonyl (C=O) groups is 1. The molecule has 1 amide bonds. The van der Waals surface area contributed by atoms with Crippen molar-refractivity contribution in [2.45, 2.75) is 20.0 Å². The Labute approximate surface area is 134 Å². The Hall–Kier alpha value is -2.33. The molecule has 2 rings (SSSR count). The standard InChI is InChI=1S/C17H17ClN2O2/c1-12(2)22-16-8-6-13(7-9-16)11-19-20-17(21)14-4-3-5-15(18)10-14/h3-12H,1-2H3,(H,20,21)/b19-11+. The van der Waals surface area contributed by atoms with Gasteiger partial charge >= 0.3 is 0 Å². The van der Waals surface area contributed by atoms with Gasteiger partial charge in [-0.15, -0.1) is 0 Å². The van der Waals surface area contributed by atoms with Crippen molar-refractivity contribution >= 4 is 23.7 Å². The molecule has 0 spiro atoms. The third kappa shape index (κ3) is 4.90. The van der Waals surface area contributed by atoms with Crippen molar-refractivity contribution in [3.05, 3.63) is 64.7 Å². The first-order valence-corrected chi connectivity index (χ1v) is 7.28. The molecule has 2 aromatic rings. The number of benzene rings is 2. The number of hydrogen-bond donors (Lipinski definition) is 1. The zero-order valence-electron chi connectivity index (χ0n) is 12.4. The van der Waals surface area contributed by atoms with Gasteiger partial charge in [-0.05, 0) is 61.9 Å². The summed E-state index contributed by atoms with van der Waals surface area (Å²) < 4.78 is 5.55. The Kier molecular flexibility index (Phi) is 5.55. The molecule has 0 radical (unpaired) electrons. The molecule has 0 atom stereocenters. The minimum atomic E-state index is -0.307. The van der Waals surface area contributed by atoms with E-state index in [9.17, 15) is 4.79 Å². The smallest absolute Gasteiger partial charge is 0.271 e. The molecule has 0 aliphatic rings. The molecule has 0 fully saturated rings. The average molecular weight is 317 g/mol. The fraction of sp³-hybridized carbons (Fsp3) is 0.176. The van der Waals surface area contributed by atoms with Crippen LogP contribution in [0.2, 0.25) is 5.02 Å². The molecule has 0 saturated heterocycles. The zero-order chi connectivity index (χ0) is 15.9. The van der Waals surface area contributed by atoms with Gasteiger partial charge in [-0.1, -0.05) is 17.7 Å². The largest absolute Gasteiger partial charge is 0.491 e. The quantitative estimate of drug-likeness (QED) is 0.672. The van der Waals surface area contributed by atoms with Gasteiger partial charge in [0.25, 0.3) is 5.91 Å². The number of hydrogen-bond acceptors (Lipinski definition) is 3. The van der Waals surface area contributed by atoms with Crippen molar-refractivity contribution in [2.75, 3.05) is 0 Å². The maximum absolute atomic E-state index is 11.9. The second kappa shape index (κ2) is 7.61. The number of nitrogens with zero attached hydrogens (tertiary/aromatic N) is 1. The van der Waals surface area contributed by atoms with E-state index in [-0.39, 0.29) is 12.0 Å². The molecule has 0 aromatic heterocycles. The summed E-state index contributed by atoms with van der Waals surface area (Å²) in [6.45, 7) is 3.95. The number of carbonyl (C=O) groups excluding carboxylic acids is 1. The molecular weight excluding hydrogens is 300 g/mol. The van der Waals surface area contributed by atoms with Crippen LogP contribution >= 0.6 is 11.6 Å². The van der Waals surface area contributed by atoms with E-state index in [1.807, 2.05) is 38.1 Å². The van der Waals surface area contributed by atoms with Gasteiger partial charge in [0.1, 0.15) is 5.75 Å². The highest BCUT2D eigenvalue weighted by atomic mass is 35.5. The molecule has 0 aliphatic heterocycles. The van der Waals surface area contributed by atoms with Crippen molar-refractivity contribution in [2.24, 2.45) is 5.10 Å². The van der Waals surface area contributed by atoms with Crippen LogP contribution in [0.25, 0.3) is 0 Å². The molecule has 22 heavy (non-hydrogen) atoms. The number of ether oxygens (including phenoxy) is 1. The fourth-order valence-corrected chi connectivity index (χ4v) is 1.95. The minimum Gasteiger partial charge on any atom is -0.491 e. The number of hydrazone groups is 1. The minimum absolute atomic E-state index is 0.136. The summed E-state index contributed by atoms with van der Waals surface area (Å²) in [6, 6.07) is 14.1. The van der Waals surface area contributed by atoms with Crippen LogP contribution in [0.1, 0.15) is 29.8 Å². The van der Waals surface area contributed by atoms with E-state index in [0.29, 0.717) is 10.6 Å². The molecule has 0 unspecified atom stereocenters. The molecule has 2 aromatic carbocycles. The lowest BCUT2D eigenvalue weighted by molar-refractivity contribution is 0.0955. The highest BCUT2D eigenvalue weighted by molar-refractivity contribution is 6.30. The van der Waals surface area contributed by atoms with Crippen LogP contribution in [-0.2, 0) is 0 Å². The molecule has 0 heterocycles. The van der Waals surface area contributed by atoms with E-state index in [1.54, 1.807) is 30.5 Å². The first-order chi connectivity index (χ1) is 10.5. The molecule has 114 valence electrons. The van der Waals surface area contributed by atoms with Crippen LogP contribution in [0.4, 0.5) is 0 Å². The number of rotatable bonds is 5. The highest BCUT2D eigenvalue weighted by Crippen LogP contribution is 2.13. The van der Waals surface area contributed by atoms with Gasteiger partial charge in [0.15, 0.2) is 0 Å². The van der Waals surface area contributed by atoms with Gasteiger partial charge in [0.2, 0.25) is 0 Å². The van der Waals surface area contributed by atoms with Gasteiger partial charge in [-0.3, -0.25) is 4.79 Å². The van der Waals surface area contributed by atoms with Gasteiger partial charge in [-0.2, -0.15) is 5.10 Å². The van der Waals surface area contributed by atoms with E-state index in [2.05, 4.69) is 10.5 Å².